The first-order valence-electron chi connectivity index (χ1n) is 16.0. The Labute approximate surface area is 232 Å². The number of nitrogens with two attached hydrogens (primary N) is 1. The third-order valence-electron chi connectivity index (χ3n) is 7.23. The van der Waals surface area contributed by atoms with Crippen molar-refractivity contribution in [1.82, 2.24) is 24.3 Å². The van der Waals surface area contributed by atoms with Gasteiger partial charge in [-0.15, -0.1) is 0 Å². The molecule has 0 bridgehead atoms. The molecule has 0 saturated carbocycles. The van der Waals surface area contributed by atoms with Crippen molar-refractivity contribution < 1.29 is 12.3 Å². The number of aromatic nitrogens is 5. The molecule has 5 heterocycles. The Bertz CT molecular complexity index is 1740. The van der Waals surface area contributed by atoms with Crippen LogP contribution in [0.4, 0.5) is 11.8 Å². The molecule has 4 aromatic rings. The number of rotatable bonds is 4. The second-order valence-corrected chi connectivity index (χ2v) is 10.6. The van der Waals surface area contributed by atoms with E-state index in [9.17, 15) is 0 Å². The lowest BCUT2D eigenvalue weighted by Gasteiger charge is -2.42. The molecule has 1 saturated heterocycles. The van der Waals surface area contributed by atoms with Gasteiger partial charge in [-0.25, -0.2) is 15.0 Å². The maximum atomic E-state index is 8.35. The first kappa shape index (κ1) is 15.4. The molecular formula is C26H29ClN8S. The van der Waals surface area contributed by atoms with Crippen LogP contribution in [0.1, 0.15) is 48.2 Å². The van der Waals surface area contributed by atoms with Crippen LogP contribution < -0.4 is 15.5 Å². The summed E-state index contributed by atoms with van der Waals surface area (Å²) in [6.07, 6.45) is 8.56. The van der Waals surface area contributed by atoms with Crippen LogP contribution in [0.15, 0.2) is 52.8 Å². The zero-order valence-corrected chi connectivity index (χ0v) is 20.7. The first-order valence-corrected chi connectivity index (χ1v) is 12.7. The summed E-state index contributed by atoms with van der Waals surface area (Å²) in [6.45, 7) is -7.63. The summed E-state index contributed by atoms with van der Waals surface area (Å²) in [5.41, 5.74) is 8.78. The summed E-state index contributed by atoms with van der Waals surface area (Å²) in [4.78, 5) is 20.2. The normalized spacial score (nSPS) is 23.4. The standard InChI is InChI=1S/C26H29ClN8S/c1-16-21(36-19-6-10-30-23(20(19)27)33(2)3)24-31-11-14-35(24)25(32-16)34-12-7-26(8-13-34)15-18-17(22(26)28)5-4-9-29-18/h4-6,9-11,14,22H,7-8,12-13,15,28H2,1-3H3/t22-/m1/s1/i1D3,2D3,3D3. The van der Waals surface area contributed by atoms with Crippen LogP contribution in [0, 0.1) is 12.3 Å². The Hall–Kier alpha value is -2.88. The van der Waals surface area contributed by atoms with Crippen LogP contribution in [0.2, 0.25) is 5.02 Å². The Morgan fingerprint density at radius 2 is 2.03 bits per heavy atom. The number of aryl methyl sites for hydroxylation is 1. The molecule has 36 heavy (non-hydrogen) atoms. The van der Waals surface area contributed by atoms with Crippen molar-refractivity contribution in [3.63, 3.8) is 0 Å². The van der Waals surface area contributed by atoms with Gasteiger partial charge in [-0.3, -0.25) is 9.38 Å². The van der Waals surface area contributed by atoms with Crippen molar-refractivity contribution in [2.45, 2.75) is 41.9 Å². The second kappa shape index (κ2) is 8.90. The van der Waals surface area contributed by atoms with Crippen molar-refractivity contribution >= 4 is 40.8 Å². The second-order valence-electron chi connectivity index (χ2n) is 9.14. The van der Waals surface area contributed by atoms with Gasteiger partial charge in [0, 0.05) is 80.8 Å². The summed E-state index contributed by atoms with van der Waals surface area (Å²) in [5, 5.41) is -0.259. The highest BCUT2D eigenvalue weighted by Crippen LogP contribution is 2.50. The Morgan fingerprint density at radius 3 is 2.81 bits per heavy atom. The van der Waals surface area contributed by atoms with Gasteiger partial charge >= 0.3 is 0 Å². The van der Waals surface area contributed by atoms with Gasteiger partial charge in [0.2, 0.25) is 5.95 Å². The lowest BCUT2D eigenvalue weighted by Crippen LogP contribution is -2.45. The van der Waals surface area contributed by atoms with E-state index < -0.39 is 26.6 Å². The van der Waals surface area contributed by atoms with E-state index in [4.69, 9.17) is 29.7 Å². The fourth-order valence-corrected chi connectivity index (χ4v) is 6.54. The molecule has 1 atom stereocenters. The molecule has 2 N–H and O–H groups in total. The van der Waals surface area contributed by atoms with Crippen LogP contribution in [0.25, 0.3) is 5.65 Å². The average molecular weight is 530 g/mol. The minimum Gasteiger partial charge on any atom is -0.361 e. The highest BCUT2D eigenvalue weighted by Gasteiger charge is 2.46. The SMILES string of the molecule is [2H]C([2H])([2H])c1nc(N2CCC3(CC2)Cc2ncccc2[C@H]3N)n2ccnc2c1Sc1ccnc(N(C([2H])([2H])[2H])C([2H])([2H])[2H])c1Cl. The molecule has 1 aliphatic carbocycles. The maximum absolute atomic E-state index is 8.35. The number of fused-ring (bicyclic) bond motifs is 2. The van der Waals surface area contributed by atoms with Crippen LogP contribution >= 0.6 is 23.4 Å². The van der Waals surface area contributed by atoms with E-state index in [1.165, 1.54) is 12.3 Å². The van der Waals surface area contributed by atoms with E-state index in [-0.39, 0.29) is 36.9 Å². The molecule has 6 rings (SSSR count). The predicted octanol–water partition coefficient (Wildman–Crippen LogP) is 4.54. The lowest BCUT2D eigenvalue weighted by atomic mass is 9.73. The molecule has 8 nitrogen and oxygen atoms in total. The smallest absolute Gasteiger partial charge is 0.211 e. The predicted molar refractivity (Wildman–Crippen MR) is 144 cm³/mol. The van der Waals surface area contributed by atoms with E-state index in [2.05, 4.69) is 19.9 Å². The average Bonchev–Trinajstić information content (AvgIpc) is 3.53. The van der Waals surface area contributed by atoms with Gasteiger partial charge < -0.3 is 15.5 Å². The van der Waals surface area contributed by atoms with Crippen LogP contribution in [-0.4, -0.2) is 51.4 Å². The van der Waals surface area contributed by atoms with E-state index in [0.29, 0.717) is 24.7 Å². The Balaban J connectivity index is 1.37. The van der Waals surface area contributed by atoms with Gasteiger partial charge in [0.25, 0.3) is 0 Å². The first-order chi connectivity index (χ1) is 21.0. The fraction of sp³-hybridized carbons (Fsp3) is 0.385. The topological polar surface area (TPSA) is 88.5 Å². The van der Waals surface area contributed by atoms with E-state index >= 15 is 0 Å². The molecule has 2 aliphatic rings. The van der Waals surface area contributed by atoms with Gasteiger partial charge in [-0.2, -0.15) is 0 Å². The number of piperidine rings is 1. The monoisotopic (exact) mass is 529 g/mol. The van der Waals surface area contributed by atoms with Gasteiger partial charge in [0.05, 0.1) is 15.6 Å². The number of pyridine rings is 2. The number of hydrogen-bond donors (Lipinski definition) is 1. The molecule has 186 valence electrons. The third kappa shape index (κ3) is 3.72. The summed E-state index contributed by atoms with van der Waals surface area (Å²) >= 11 is 7.48. The fourth-order valence-electron chi connectivity index (χ4n) is 5.32. The molecule has 10 heteroatoms. The largest absolute Gasteiger partial charge is 0.361 e. The van der Waals surface area contributed by atoms with Crippen molar-refractivity contribution in [3.05, 3.63) is 65.0 Å². The molecule has 0 radical (unpaired) electrons. The minimum atomic E-state index is -3.08. The van der Waals surface area contributed by atoms with Gasteiger partial charge in [0.15, 0.2) is 5.65 Å². The summed E-state index contributed by atoms with van der Waals surface area (Å²) in [7, 11) is 0. The van der Waals surface area contributed by atoms with E-state index in [1.54, 1.807) is 23.0 Å². The van der Waals surface area contributed by atoms with Crippen molar-refractivity contribution in [1.29, 1.82) is 0 Å². The van der Waals surface area contributed by atoms with Crippen LogP contribution in [0.3, 0.4) is 0 Å². The number of halogens is 1. The minimum absolute atomic E-state index is 0.136. The van der Waals surface area contributed by atoms with Crippen LogP contribution in [0.5, 0.6) is 0 Å². The van der Waals surface area contributed by atoms with Crippen molar-refractivity contribution in [2.75, 3.05) is 36.8 Å². The summed E-state index contributed by atoms with van der Waals surface area (Å²) in [6, 6.07) is 5.25. The van der Waals surface area contributed by atoms with E-state index in [1.807, 2.05) is 17.0 Å². The zero-order chi connectivity index (χ0) is 32.5. The molecule has 1 aliphatic heterocycles. The van der Waals surface area contributed by atoms with Crippen molar-refractivity contribution in [2.24, 2.45) is 11.1 Å². The summed E-state index contributed by atoms with van der Waals surface area (Å²) < 4.78 is 73.4. The number of imidazole rings is 1. The molecule has 0 unspecified atom stereocenters. The molecule has 0 amide bonds. The number of hydrogen-bond acceptors (Lipinski definition) is 8. The highest BCUT2D eigenvalue weighted by molar-refractivity contribution is 7.99. The lowest BCUT2D eigenvalue weighted by molar-refractivity contribution is 0.186. The van der Waals surface area contributed by atoms with Crippen LogP contribution in [-0.2, 0) is 6.42 Å². The molecule has 4 aromatic heterocycles. The zero-order valence-electron chi connectivity index (χ0n) is 28.1. The molecule has 1 fully saturated rings. The van der Waals surface area contributed by atoms with Gasteiger partial charge in [-0.1, -0.05) is 29.4 Å². The molecule has 1 spiro atoms. The Kier molecular flexibility index (Phi) is 3.80. The van der Waals surface area contributed by atoms with E-state index in [0.717, 1.165) is 42.3 Å². The summed E-state index contributed by atoms with van der Waals surface area (Å²) in [5.74, 6) is -0.0571. The molecule has 0 aromatic carbocycles. The maximum Gasteiger partial charge on any atom is 0.211 e. The molecular weight excluding hydrogens is 492 g/mol. The van der Waals surface area contributed by atoms with Crippen molar-refractivity contribution in [3.8, 4) is 0 Å². The van der Waals surface area contributed by atoms with Gasteiger partial charge in [-0.05, 0) is 49.2 Å². The van der Waals surface area contributed by atoms with Gasteiger partial charge in [0.1, 0.15) is 5.82 Å². The highest BCUT2D eigenvalue weighted by atomic mass is 35.5. The third-order valence-corrected chi connectivity index (χ3v) is 8.85. The quantitative estimate of drug-likeness (QED) is 0.412. The number of anilines is 2. The Morgan fingerprint density at radius 1 is 1.17 bits per heavy atom. The number of nitrogens with zero attached hydrogens (tertiary/aromatic N) is 7.